The number of rotatable bonds is 7. The molecule has 0 aromatic heterocycles. The van der Waals surface area contributed by atoms with E-state index in [1.165, 1.54) is 6.42 Å². The Morgan fingerprint density at radius 2 is 2.00 bits per heavy atom. The van der Waals surface area contributed by atoms with Gasteiger partial charge in [0.15, 0.2) is 5.96 Å². The van der Waals surface area contributed by atoms with Crippen LogP contribution < -0.4 is 20.1 Å². The standard InChI is InChI=1S/C22H37N3O3/c1-7-23-21(24-14-16-10-11-18(26-5)13-19(16)27-6)25-15-17-9-8-12-28-20(17)22(2,3)4/h10-11,13,17,20H,7-9,12,14-15H2,1-6H3,(H2,23,24,25). The van der Waals surface area contributed by atoms with E-state index in [4.69, 9.17) is 19.2 Å². The molecule has 1 aliphatic heterocycles. The lowest BCUT2D eigenvalue weighted by molar-refractivity contribution is -0.0835. The lowest BCUT2D eigenvalue weighted by Gasteiger charge is -2.40. The molecule has 0 bridgehead atoms. The van der Waals surface area contributed by atoms with E-state index < -0.39 is 0 Å². The molecule has 0 aliphatic carbocycles. The van der Waals surface area contributed by atoms with Crippen molar-refractivity contribution in [3.63, 3.8) is 0 Å². The molecule has 1 aromatic carbocycles. The van der Waals surface area contributed by atoms with Gasteiger partial charge in [-0.3, -0.25) is 0 Å². The maximum absolute atomic E-state index is 6.10. The van der Waals surface area contributed by atoms with Gasteiger partial charge in [0.2, 0.25) is 0 Å². The highest BCUT2D eigenvalue weighted by molar-refractivity contribution is 5.79. The largest absolute Gasteiger partial charge is 0.497 e. The van der Waals surface area contributed by atoms with E-state index >= 15 is 0 Å². The molecular formula is C22H37N3O3. The fraction of sp³-hybridized carbons (Fsp3) is 0.682. The first-order valence-electron chi connectivity index (χ1n) is 10.2. The van der Waals surface area contributed by atoms with Gasteiger partial charge in [0.25, 0.3) is 0 Å². The summed E-state index contributed by atoms with van der Waals surface area (Å²) in [6, 6.07) is 5.81. The predicted octanol–water partition coefficient (Wildman–Crippen LogP) is 3.60. The van der Waals surface area contributed by atoms with Gasteiger partial charge in [-0.15, -0.1) is 0 Å². The molecule has 0 saturated carbocycles. The van der Waals surface area contributed by atoms with Crippen molar-refractivity contribution in [2.75, 3.05) is 33.9 Å². The molecule has 1 fully saturated rings. The number of guanidine groups is 1. The number of benzene rings is 1. The van der Waals surface area contributed by atoms with Gasteiger partial charge in [0, 0.05) is 37.2 Å². The van der Waals surface area contributed by atoms with Gasteiger partial charge in [-0.1, -0.05) is 20.8 Å². The first-order chi connectivity index (χ1) is 13.4. The van der Waals surface area contributed by atoms with Crippen molar-refractivity contribution >= 4 is 5.96 Å². The first-order valence-corrected chi connectivity index (χ1v) is 10.2. The Labute approximate surface area is 170 Å². The fourth-order valence-corrected chi connectivity index (χ4v) is 3.73. The summed E-state index contributed by atoms with van der Waals surface area (Å²) >= 11 is 0. The molecule has 0 radical (unpaired) electrons. The third-order valence-electron chi connectivity index (χ3n) is 5.08. The number of nitrogens with zero attached hydrogens (tertiary/aromatic N) is 1. The quantitative estimate of drug-likeness (QED) is 0.549. The van der Waals surface area contributed by atoms with Crippen LogP contribution in [0.25, 0.3) is 0 Å². The summed E-state index contributed by atoms with van der Waals surface area (Å²) in [5.41, 5.74) is 1.16. The van der Waals surface area contributed by atoms with Gasteiger partial charge < -0.3 is 24.8 Å². The fourth-order valence-electron chi connectivity index (χ4n) is 3.73. The zero-order valence-corrected chi connectivity index (χ0v) is 18.3. The normalized spacial score (nSPS) is 20.6. The maximum Gasteiger partial charge on any atom is 0.191 e. The maximum atomic E-state index is 6.10. The van der Waals surface area contributed by atoms with Crippen LogP contribution in [0.5, 0.6) is 11.5 Å². The third kappa shape index (κ3) is 6.30. The van der Waals surface area contributed by atoms with E-state index in [0.717, 1.165) is 49.1 Å². The summed E-state index contributed by atoms with van der Waals surface area (Å²) in [6.45, 7) is 11.9. The Morgan fingerprint density at radius 1 is 1.21 bits per heavy atom. The smallest absolute Gasteiger partial charge is 0.191 e. The molecule has 2 atom stereocenters. The number of hydrogen-bond donors (Lipinski definition) is 2. The van der Waals surface area contributed by atoms with Crippen molar-refractivity contribution in [2.45, 2.75) is 53.2 Å². The molecular weight excluding hydrogens is 354 g/mol. The van der Waals surface area contributed by atoms with E-state index in [-0.39, 0.29) is 11.5 Å². The molecule has 28 heavy (non-hydrogen) atoms. The minimum Gasteiger partial charge on any atom is -0.497 e. The van der Waals surface area contributed by atoms with E-state index in [1.807, 2.05) is 18.2 Å². The molecule has 6 nitrogen and oxygen atoms in total. The molecule has 1 saturated heterocycles. The minimum atomic E-state index is 0.138. The molecule has 158 valence electrons. The van der Waals surface area contributed by atoms with E-state index in [9.17, 15) is 0 Å². The van der Waals surface area contributed by atoms with Crippen LogP contribution >= 0.6 is 0 Å². The van der Waals surface area contributed by atoms with E-state index in [1.54, 1.807) is 14.2 Å². The Bertz CT molecular complexity index is 640. The van der Waals surface area contributed by atoms with Crippen molar-refractivity contribution in [3.05, 3.63) is 23.8 Å². The van der Waals surface area contributed by atoms with Crippen LogP contribution in [0.15, 0.2) is 23.2 Å². The topological polar surface area (TPSA) is 64.1 Å². The number of ether oxygens (including phenoxy) is 3. The second-order valence-electron chi connectivity index (χ2n) is 8.31. The van der Waals surface area contributed by atoms with Gasteiger partial charge in [-0.2, -0.15) is 0 Å². The summed E-state index contributed by atoms with van der Waals surface area (Å²) in [7, 11) is 3.32. The summed E-state index contributed by atoms with van der Waals surface area (Å²) in [5.74, 6) is 2.86. The Morgan fingerprint density at radius 3 is 2.64 bits per heavy atom. The SMILES string of the molecule is CCNC(=NCc1ccc(OC)cc1OC)NCC1CCCOC1C(C)(C)C. The minimum absolute atomic E-state index is 0.138. The zero-order valence-electron chi connectivity index (χ0n) is 18.3. The summed E-state index contributed by atoms with van der Waals surface area (Å²) in [6.07, 6.45) is 2.56. The van der Waals surface area contributed by atoms with Gasteiger partial charge in [0.05, 0.1) is 26.9 Å². The average Bonchev–Trinajstić information content (AvgIpc) is 2.69. The molecule has 2 N–H and O–H groups in total. The number of methoxy groups -OCH3 is 2. The molecule has 0 amide bonds. The van der Waals surface area contributed by atoms with Crippen LogP contribution in [0.3, 0.4) is 0 Å². The van der Waals surface area contributed by atoms with Gasteiger partial charge in [-0.25, -0.2) is 4.99 Å². The van der Waals surface area contributed by atoms with E-state index in [0.29, 0.717) is 12.5 Å². The van der Waals surface area contributed by atoms with Crippen LogP contribution in [-0.2, 0) is 11.3 Å². The van der Waals surface area contributed by atoms with Crippen molar-refractivity contribution < 1.29 is 14.2 Å². The van der Waals surface area contributed by atoms with Crippen LogP contribution in [0.2, 0.25) is 0 Å². The van der Waals surface area contributed by atoms with Crippen LogP contribution in [0.1, 0.15) is 46.1 Å². The Kier molecular flexibility index (Phi) is 8.42. The van der Waals surface area contributed by atoms with Crippen LogP contribution in [0, 0.1) is 11.3 Å². The summed E-state index contributed by atoms with van der Waals surface area (Å²) < 4.78 is 16.8. The summed E-state index contributed by atoms with van der Waals surface area (Å²) in [4.78, 5) is 4.75. The Balaban J connectivity index is 2.04. The number of nitrogens with one attached hydrogen (secondary N) is 2. The van der Waals surface area contributed by atoms with Crippen LogP contribution in [0.4, 0.5) is 0 Å². The van der Waals surface area contributed by atoms with Gasteiger partial charge in [0.1, 0.15) is 11.5 Å². The van der Waals surface area contributed by atoms with Crippen molar-refractivity contribution in [3.8, 4) is 11.5 Å². The molecule has 2 rings (SSSR count). The molecule has 2 unspecified atom stereocenters. The molecule has 1 aliphatic rings. The lowest BCUT2D eigenvalue weighted by Crippen LogP contribution is -2.47. The second-order valence-corrected chi connectivity index (χ2v) is 8.31. The second kappa shape index (κ2) is 10.6. The zero-order chi connectivity index (χ0) is 20.6. The third-order valence-corrected chi connectivity index (χ3v) is 5.08. The monoisotopic (exact) mass is 391 g/mol. The van der Waals surface area contributed by atoms with Crippen molar-refractivity contribution in [2.24, 2.45) is 16.3 Å². The van der Waals surface area contributed by atoms with Crippen molar-refractivity contribution in [1.82, 2.24) is 10.6 Å². The molecule has 0 spiro atoms. The highest BCUT2D eigenvalue weighted by Crippen LogP contribution is 2.33. The first kappa shape index (κ1) is 22.3. The Hall–Kier alpha value is -1.95. The lowest BCUT2D eigenvalue weighted by atomic mass is 9.78. The molecule has 6 heteroatoms. The molecule has 1 aromatic rings. The number of hydrogen-bond acceptors (Lipinski definition) is 4. The molecule has 1 heterocycles. The van der Waals surface area contributed by atoms with E-state index in [2.05, 4.69) is 38.3 Å². The highest BCUT2D eigenvalue weighted by atomic mass is 16.5. The number of aliphatic imine (C=N–C) groups is 1. The van der Waals surface area contributed by atoms with Crippen LogP contribution in [-0.4, -0.2) is 46.0 Å². The van der Waals surface area contributed by atoms with Gasteiger partial charge in [-0.05, 0) is 37.3 Å². The highest BCUT2D eigenvalue weighted by Gasteiger charge is 2.35. The van der Waals surface area contributed by atoms with Crippen molar-refractivity contribution in [1.29, 1.82) is 0 Å². The summed E-state index contributed by atoms with van der Waals surface area (Å²) in [5, 5.41) is 6.85. The van der Waals surface area contributed by atoms with Gasteiger partial charge >= 0.3 is 0 Å². The predicted molar refractivity (Wildman–Crippen MR) is 114 cm³/mol. The average molecular weight is 392 g/mol.